The van der Waals surface area contributed by atoms with Crippen molar-refractivity contribution < 1.29 is 26.3 Å². The molecule has 0 saturated carbocycles. The van der Waals surface area contributed by atoms with Crippen LogP contribution in [0.4, 0.5) is 26.3 Å². The van der Waals surface area contributed by atoms with E-state index in [1.165, 1.54) is 24.3 Å². The number of fused-ring (bicyclic) bond motifs is 1. The Bertz CT molecular complexity index is 1680. The van der Waals surface area contributed by atoms with E-state index in [-0.39, 0.29) is 27.8 Å². The smallest absolute Gasteiger partial charge is 0.206 e. The summed E-state index contributed by atoms with van der Waals surface area (Å²) in [5.74, 6) is -1.90. The fourth-order valence-corrected chi connectivity index (χ4v) is 4.76. The van der Waals surface area contributed by atoms with Gasteiger partial charge in [-0.3, -0.25) is 0 Å². The highest BCUT2D eigenvalue weighted by molar-refractivity contribution is 5.90. The van der Waals surface area contributed by atoms with Crippen LogP contribution in [0.15, 0.2) is 104 Å². The molecule has 5 aromatic rings. The third-order valence-electron chi connectivity index (χ3n) is 6.74. The summed E-state index contributed by atoms with van der Waals surface area (Å²) in [5, 5.41) is 1.14. The predicted octanol–water partition coefficient (Wildman–Crippen LogP) is 10.4. The fraction of sp³-hybridized carbons (Fsp3) is 0.0909. The van der Waals surface area contributed by atoms with Crippen LogP contribution in [0, 0.1) is 17.5 Å². The molecule has 0 heterocycles. The van der Waals surface area contributed by atoms with Crippen LogP contribution in [-0.4, -0.2) is 0 Å². The van der Waals surface area contributed by atoms with Gasteiger partial charge in [0.1, 0.15) is 17.5 Å². The van der Waals surface area contributed by atoms with Gasteiger partial charge in [-0.25, -0.2) is 13.2 Å². The zero-order chi connectivity index (χ0) is 27.7. The number of hydrogen-bond donors (Lipinski definition) is 0. The molecule has 0 saturated heterocycles. The van der Waals surface area contributed by atoms with Gasteiger partial charge in [-0.05, 0) is 64.7 Å². The van der Waals surface area contributed by atoms with Gasteiger partial charge in [0.2, 0.25) is 0 Å². The van der Waals surface area contributed by atoms with Crippen molar-refractivity contribution in [3.8, 4) is 33.4 Å². The van der Waals surface area contributed by atoms with Crippen LogP contribution in [0.5, 0.6) is 0 Å². The molecule has 0 bridgehead atoms. The minimum absolute atomic E-state index is 0.0259. The van der Waals surface area contributed by atoms with E-state index in [1.54, 1.807) is 24.3 Å². The normalized spacial score (nSPS) is 11.6. The summed E-state index contributed by atoms with van der Waals surface area (Å²) >= 11 is 0. The maximum Gasteiger partial charge on any atom is 0.416 e. The molecule has 0 aliphatic carbocycles. The highest BCUT2D eigenvalue weighted by Gasteiger charge is 2.30. The average molecular weight is 533 g/mol. The van der Waals surface area contributed by atoms with Crippen molar-refractivity contribution in [2.45, 2.75) is 19.0 Å². The van der Waals surface area contributed by atoms with E-state index >= 15 is 8.78 Å². The Kier molecular flexibility index (Phi) is 7.04. The Morgan fingerprint density at radius 2 is 1.38 bits per heavy atom. The molecule has 0 fully saturated rings. The molecule has 5 rings (SSSR count). The van der Waals surface area contributed by atoms with Crippen LogP contribution in [0.2, 0.25) is 0 Å². The van der Waals surface area contributed by atoms with E-state index < -0.39 is 29.2 Å². The summed E-state index contributed by atoms with van der Waals surface area (Å²) in [4.78, 5) is 0. The Labute approximate surface area is 221 Å². The van der Waals surface area contributed by atoms with Gasteiger partial charge in [-0.2, -0.15) is 13.2 Å². The molecule has 5 aromatic carbocycles. The third-order valence-corrected chi connectivity index (χ3v) is 6.74. The minimum Gasteiger partial charge on any atom is -0.206 e. The lowest BCUT2D eigenvalue weighted by Crippen LogP contribution is -2.04. The molecule has 196 valence electrons. The van der Waals surface area contributed by atoms with Gasteiger partial charge in [0.25, 0.3) is 0 Å². The fourth-order valence-electron chi connectivity index (χ4n) is 4.76. The second kappa shape index (κ2) is 10.4. The van der Waals surface area contributed by atoms with E-state index in [4.69, 9.17) is 0 Å². The largest absolute Gasteiger partial charge is 0.416 e. The predicted molar refractivity (Wildman–Crippen MR) is 144 cm³/mol. The summed E-state index contributed by atoms with van der Waals surface area (Å²) in [5.41, 5.74) is 1.07. The van der Waals surface area contributed by atoms with E-state index in [1.807, 2.05) is 18.2 Å². The van der Waals surface area contributed by atoms with Crippen LogP contribution < -0.4 is 0 Å². The highest BCUT2D eigenvalue weighted by Crippen LogP contribution is 2.39. The molecule has 0 spiro atoms. The molecule has 0 aliphatic rings. The molecule has 0 radical (unpaired) electrons. The van der Waals surface area contributed by atoms with Crippen LogP contribution in [-0.2, 0) is 12.6 Å². The zero-order valence-corrected chi connectivity index (χ0v) is 20.6. The Morgan fingerprint density at radius 1 is 0.667 bits per heavy atom. The van der Waals surface area contributed by atoms with Crippen molar-refractivity contribution in [1.29, 1.82) is 0 Å². The molecule has 0 aliphatic heterocycles. The quantitative estimate of drug-likeness (QED) is 0.151. The number of hydrogen-bond acceptors (Lipinski definition) is 0. The van der Waals surface area contributed by atoms with Gasteiger partial charge < -0.3 is 0 Å². The molecular weight excluding hydrogens is 510 g/mol. The third kappa shape index (κ3) is 5.19. The monoisotopic (exact) mass is 532 g/mol. The van der Waals surface area contributed by atoms with Crippen molar-refractivity contribution >= 4 is 10.8 Å². The number of benzene rings is 5. The Hall–Kier alpha value is -4.32. The van der Waals surface area contributed by atoms with Crippen LogP contribution in [0.1, 0.15) is 17.5 Å². The van der Waals surface area contributed by atoms with Crippen molar-refractivity contribution in [3.63, 3.8) is 0 Å². The first kappa shape index (κ1) is 26.3. The first-order valence-corrected chi connectivity index (χ1v) is 12.3. The number of halogens is 6. The first-order chi connectivity index (χ1) is 18.7. The molecule has 39 heavy (non-hydrogen) atoms. The van der Waals surface area contributed by atoms with Crippen molar-refractivity contribution in [3.05, 3.63) is 132 Å². The first-order valence-electron chi connectivity index (χ1n) is 12.3. The van der Waals surface area contributed by atoms with Crippen LogP contribution >= 0.6 is 0 Å². The SMILES string of the molecule is C=CCCc1ccc2c(F)c(-c3ccc(-c4cccc(F)c4-c4ccc(C(F)(F)F)cc4)c(F)c3)ccc2c1. The van der Waals surface area contributed by atoms with Crippen molar-refractivity contribution in [2.24, 2.45) is 0 Å². The standard InChI is InChI=1S/C33H22F6/c1-2-3-5-20-8-15-25-22(18-20)11-16-26(32(25)36)23-12-17-27(30(35)19-23)28-6-4-7-29(34)31(28)21-9-13-24(14-10-21)33(37,38)39/h2,4,6-19H,1,3,5H2. The lowest BCUT2D eigenvalue weighted by molar-refractivity contribution is -0.137. The molecular formula is C33H22F6. The van der Waals surface area contributed by atoms with E-state index in [2.05, 4.69) is 6.58 Å². The lowest BCUT2D eigenvalue weighted by atomic mass is 9.91. The minimum atomic E-state index is -4.54. The van der Waals surface area contributed by atoms with Crippen LogP contribution in [0.3, 0.4) is 0 Å². The topological polar surface area (TPSA) is 0 Å². The number of rotatable bonds is 6. The van der Waals surface area contributed by atoms with Gasteiger partial charge in [-0.15, -0.1) is 6.58 Å². The molecule has 0 atom stereocenters. The highest BCUT2D eigenvalue weighted by atomic mass is 19.4. The number of allylic oxidation sites excluding steroid dienone is 1. The molecule has 0 N–H and O–H groups in total. The summed E-state index contributed by atoms with van der Waals surface area (Å²) in [6, 6.07) is 21.1. The van der Waals surface area contributed by atoms with E-state index in [0.717, 1.165) is 54.1 Å². The van der Waals surface area contributed by atoms with Crippen molar-refractivity contribution in [2.75, 3.05) is 0 Å². The number of alkyl halides is 3. The maximum atomic E-state index is 15.5. The maximum absolute atomic E-state index is 15.5. The summed E-state index contributed by atoms with van der Waals surface area (Å²) in [6.07, 6.45) is -1.11. The second-order valence-electron chi connectivity index (χ2n) is 9.24. The zero-order valence-electron chi connectivity index (χ0n) is 20.6. The van der Waals surface area contributed by atoms with Gasteiger partial charge in [0.05, 0.1) is 5.56 Å². The van der Waals surface area contributed by atoms with Gasteiger partial charge in [0.15, 0.2) is 0 Å². The Balaban J connectivity index is 1.54. The molecule has 0 amide bonds. The Morgan fingerprint density at radius 3 is 2.08 bits per heavy atom. The summed E-state index contributed by atoms with van der Waals surface area (Å²) in [7, 11) is 0. The molecule has 6 heteroatoms. The second-order valence-corrected chi connectivity index (χ2v) is 9.24. The molecule has 0 aromatic heterocycles. The average Bonchev–Trinajstić information content (AvgIpc) is 2.91. The van der Waals surface area contributed by atoms with Gasteiger partial charge in [0, 0.05) is 22.1 Å². The lowest BCUT2D eigenvalue weighted by Gasteiger charge is -2.15. The molecule has 0 nitrogen and oxygen atoms in total. The van der Waals surface area contributed by atoms with Crippen molar-refractivity contribution in [1.82, 2.24) is 0 Å². The van der Waals surface area contributed by atoms with Gasteiger partial charge >= 0.3 is 6.18 Å². The van der Waals surface area contributed by atoms with Gasteiger partial charge in [-0.1, -0.05) is 72.8 Å². The summed E-state index contributed by atoms with van der Waals surface area (Å²) in [6.45, 7) is 3.72. The summed E-state index contributed by atoms with van der Waals surface area (Å²) < 4.78 is 84.9. The van der Waals surface area contributed by atoms with E-state index in [9.17, 15) is 17.6 Å². The van der Waals surface area contributed by atoms with E-state index in [0.29, 0.717) is 10.9 Å². The van der Waals surface area contributed by atoms with Crippen LogP contribution in [0.25, 0.3) is 44.2 Å². The number of aryl methyl sites for hydroxylation is 1. The molecule has 0 unspecified atom stereocenters.